The highest BCUT2D eigenvalue weighted by atomic mass is 19.1. The zero-order chi connectivity index (χ0) is 11.3. The maximum atomic E-state index is 12.0. The maximum Gasteiger partial charge on any atom is 0.164 e. The standard InChI is InChI=1S/C11H15FO3/c1-14-10-6-8(4-3-5-12)9(13)7-11(10)15-2/h6-7,13H,3-5H2,1-2H3. The number of hydrogen-bond donors (Lipinski definition) is 1. The van der Waals surface area contributed by atoms with Crippen molar-refractivity contribution >= 4 is 0 Å². The number of rotatable bonds is 5. The van der Waals surface area contributed by atoms with Gasteiger partial charge in [-0.3, -0.25) is 4.39 Å². The lowest BCUT2D eigenvalue weighted by Crippen LogP contribution is -1.94. The molecule has 0 spiro atoms. The van der Waals surface area contributed by atoms with Crippen LogP contribution in [0.2, 0.25) is 0 Å². The number of phenolic OH excluding ortho intramolecular Hbond substituents is 1. The summed E-state index contributed by atoms with van der Waals surface area (Å²) in [6.45, 7) is -0.395. The van der Waals surface area contributed by atoms with Crippen LogP contribution >= 0.6 is 0 Å². The number of alkyl halides is 1. The summed E-state index contributed by atoms with van der Waals surface area (Å²) in [5.41, 5.74) is 0.672. The molecular weight excluding hydrogens is 199 g/mol. The van der Waals surface area contributed by atoms with Crippen molar-refractivity contribution in [1.82, 2.24) is 0 Å². The molecule has 0 aliphatic rings. The summed E-state index contributed by atoms with van der Waals surface area (Å²) in [6, 6.07) is 3.15. The minimum atomic E-state index is -0.395. The lowest BCUT2D eigenvalue weighted by molar-refractivity contribution is 0.350. The Labute approximate surface area is 88.4 Å². The Morgan fingerprint density at radius 3 is 2.33 bits per heavy atom. The first kappa shape index (κ1) is 11.6. The second-order valence-corrected chi connectivity index (χ2v) is 3.13. The molecule has 0 atom stereocenters. The van der Waals surface area contributed by atoms with E-state index < -0.39 is 6.67 Å². The molecule has 0 fully saturated rings. The third kappa shape index (κ3) is 2.75. The second kappa shape index (κ2) is 5.44. The van der Waals surface area contributed by atoms with Crippen molar-refractivity contribution < 1.29 is 19.0 Å². The van der Waals surface area contributed by atoms with Crippen LogP contribution in [0.1, 0.15) is 12.0 Å². The van der Waals surface area contributed by atoms with Gasteiger partial charge in [0.05, 0.1) is 20.9 Å². The normalized spacial score (nSPS) is 10.1. The summed E-state index contributed by atoms with van der Waals surface area (Å²) in [7, 11) is 3.02. The minimum Gasteiger partial charge on any atom is -0.508 e. The highest BCUT2D eigenvalue weighted by Gasteiger charge is 2.09. The predicted molar refractivity (Wildman–Crippen MR) is 55.5 cm³/mol. The van der Waals surface area contributed by atoms with Gasteiger partial charge >= 0.3 is 0 Å². The molecule has 0 saturated carbocycles. The molecule has 0 bridgehead atoms. The third-order valence-electron chi connectivity index (χ3n) is 2.16. The number of hydrogen-bond acceptors (Lipinski definition) is 3. The molecule has 1 N–H and O–H groups in total. The van der Waals surface area contributed by atoms with Gasteiger partial charge in [-0.15, -0.1) is 0 Å². The lowest BCUT2D eigenvalue weighted by Gasteiger charge is -2.11. The Morgan fingerprint density at radius 2 is 1.80 bits per heavy atom. The zero-order valence-electron chi connectivity index (χ0n) is 8.92. The van der Waals surface area contributed by atoms with Gasteiger partial charge in [-0.1, -0.05) is 0 Å². The number of phenols is 1. The van der Waals surface area contributed by atoms with Crippen LogP contribution in [0.25, 0.3) is 0 Å². The Morgan fingerprint density at radius 1 is 1.20 bits per heavy atom. The van der Waals surface area contributed by atoms with Crippen molar-refractivity contribution in [3.63, 3.8) is 0 Å². The Hall–Kier alpha value is -1.45. The van der Waals surface area contributed by atoms with Gasteiger partial charge in [0.2, 0.25) is 0 Å². The summed E-state index contributed by atoms with van der Waals surface area (Å²) in [5, 5.41) is 9.61. The smallest absolute Gasteiger partial charge is 0.164 e. The average molecular weight is 214 g/mol. The van der Waals surface area contributed by atoms with Gasteiger partial charge in [0.15, 0.2) is 11.5 Å². The van der Waals surface area contributed by atoms with Gasteiger partial charge in [-0.2, -0.15) is 0 Å². The van der Waals surface area contributed by atoms with Crippen molar-refractivity contribution in [2.45, 2.75) is 12.8 Å². The zero-order valence-corrected chi connectivity index (χ0v) is 8.92. The van der Waals surface area contributed by atoms with Crippen LogP contribution in [0.15, 0.2) is 12.1 Å². The maximum absolute atomic E-state index is 12.0. The predicted octanol–water partition coefficient (Wildman–Crippen LogP) is 2.31. The van der Waals surface area contributed by atoms with E-state index in [1.165, 1.54) is 20.3 Å². The molecule has 0 aromatic heterocycles. The van der Waals surface area contributed by atoms with E-state index in [-0.39, 0.29) is 5.75 Å². The average Bonchev–Trinajstić information content (AvgIpc) is 2.27. The summed E-state index contributed by atoms with van der Waals surface area (Å²) in [6.07, 6.45) is 0.881. The van der Waals surface area contributed by atoms with E-state index in [0.717, 1.165) is 0 Å². The monoisotopic (exact) mass is 214 g/mol. The summed E-state index contributed by atoms with van der Waals surface area (Å²) in [5.74, 6) is 1.13. The highest BCUT2D eigenvalue weighted by Crippen LogP contribution is 2.34. The van der Waals surface area contributed by atoms with Crippen molar-refractivity contribution in [1.29, 1.82) is 0 Å². The van der Waals surface area contributed by atoms with Crippen molar-refractivity contribution in [2.24, 2.45) is 0 Å². The topological polar surface area (TPSA) is 38.7 Å². The minimum absolute atomic E-state index is 0.112. The van der Waals surface area contributed by atoms with E-state index in [1.807, 2.05) is 0 Å². The first-order valence-electron chi connectivity index (χ1n) is 4.72. The Kier molecular flexibility index (Phi) is 4.21. The van der Waals surface area contributed by atoms with Gasteiger partial charge in [-0.05, 0) is 24.5 Å². The number of benzene rings is 1. The van der Waals surface area contributed by atoms with Gasteiger partial charge < -0.3 is 14.6 Å². The van der Waals surface area contributed by atoms with Crippen molar-refractivity contribution in [3.05, 3.63) is 17.7 Å². The quantitative estimate of drug-likeness (QED) is 0.817. The number of aryl methyl sites for hydroxylation is 1. The number of halogens is 1. The fourth-order valence-electron chi connectivity index (χ4n) is 1.37. The molecule has 0 heterocycles. The summed E-state index contributed by atoms with van der Waals surface area (Å²) < 4.78 is 22.1. The van der Waals surface area contributed by atoms with Crippen molar-refractivity contribution in [3.8, 4) is 17.2 Å². The highest BCUT2D eigenvalue weighted by molar-refractivity contribution is 5.50. The molecule has 84 valence electrons. The van der Waals surface area contributed by atoms with Crippen LogP contribution in [0.4, 0.5) is 4.39 Å². The Bertz CT molecular complexity index is 326. The molecule has 1 rings (SSSR count). The van der Waals surface area contributed by atoms with Gasteiger partial charge in [0.25, 0.3) is 0 Å². The first-order chi connectivity index (χ1) is 7.22. The molecule has 0 aliphatic heterocycles. The van der Waals surface area contributed by atoms with E-state index >= 15 is 0 Å². The van der Waals surface area contributed by atoms with Crippen LogP contribution in [0.5, 0.6) is 17.2 Å². The molecule has 0 saturated heterocycles. The van der Waals surface area contributed by atoms with E-state index in [9.17, 15) is 9.50 Å². The van der Waals surface area contributed by atoms with Crippen LogP contribution in [0.3, 0.4) is 0 Å². The molecule has 0 aliphatic carbocycles. The molecule has 1 aromatic carbocycles. The van der Waals surface area contributed by atoms with Crippen LogP contribution in [0, 0.1) is 0 Å². The first-order valence-corrected chi connectivity index (χ1v) is 4.72. The molecule has 4 heteroatoms. The SMILES string of the molecule is COc1cc(O)c(CCCF)cc1OC. The molecule has 3 nitrogen and oxygen atoms in total. The fraction of sp³-hybridized carbons (Fsp3) is 0.455. The molecule has 0 unspecified atom stereocenters. The van der Waals surface area contributed by atoms with Gasteiger partial charge in [0, 0.05) is 6.07 Å². The van der Waals surface area contributed by atoms with Gasteiger partial charge in [0.1, 0.15) is 5.75 Å². The largest absolute Gasteiger partial charge is 0.508 e. The lowest BCUT2D eigenvalue weighted by atomic mass is 10.1. The van der Waals surface area contributed by atoms with E-state index in [4.69, 9.17) is 9.47 Å². The molecule has 0 radical (unpaired) electrons. The van der Waals surface area contributed by atoms with E-state index in [0.29, 0.717) is 29.9 Å². The van der Waals surface area contributed by atoms with Crippen LogP contribution in [-0.2, 0) is 6.42 Å². The van der Waals surface area contributed by atoms with Crippen molar-refractivity contribution in [2.75, 3.05) is 20.9 Å². The molecule has 1 aromatic rings. The van der Waals surface area contributed by atoms with E-state index in [1.54, 1.807) is 6.07 Å². The summed E-state index contributed by atoms with van der Waals surface area (Å²) >= 11 is 0. The molecule has 0 amide bonds. The number of methoxy groups -OCH3 is 2. The second-order valence-electron chi connectivity index (χ2n) is 3.13. The Balaban J connectivity index is 2.97. The van der Waals surface area contributed by atoms with E-state index in [2.05, 4.69) is 0 Å². The molecular formula is C11H15FO3. The fourth-order valence-corrected chi connectivity index (χ4v) is 1.37. The third-order valence-corrected chi connectivity index (χ3v) is 2.16. The van der Waals surface area contributed by atoms with Gasteiger partial charge in [-0.25, -0.2) is 0 Å². The molecule has 15 heavy (non-hydrogen) atoms. The number of ether oxygens (including phenoxy) is 2. The summed E-state index contributed by atoms with van der Waals surface area (Å²) in [4.78, 5) is 0. The van der Waals surface area contributed by atoms with Crippen LogP contribution < -0.4 is 9.47 Å². The number of aromatic hydroxyl groups is 1. The van der Waals surface area contributed by atoms with Crippen LogP contribution in [-0.4, -0.2) is 26.0 Å².